The summed E-state index contributed by atoms with van der Waals surface area (Å²) in [5.74, 6) is 0.0724. The summed E-state index contributed by atoms with van der Waals surface area (Å²) < 4.78 is 1.65. The monoisotopic (exact) mass is 492 g/mol. The number of hydrogen-bond acceptors (Lipinski definition) is 6. The highest BCUT2D eigenvalue weighted by atomic mass is 35.5. The lowest BCUT2D eigenvalue weighted by atomic mass is 10.1. The van der Waals surface area contributed by atoms with E-state index in [1.807, 2.05) is 71.0 Å². The summed E-state index contributed by atoms with van der Waals surface area (Å²) >= 11 is 7.79. The summed E-state index contributed by atoms with van der Waals surface area (Å²) in [6.45, 7) is 9.78. The number of carbonyl (C=O) groups excluding carboxylic acids is 1. The number of nitrogens with zero attached hydrogens (tertiary/aromatic N) is 5. The van der Waals surface area contributed by atoms with Crippen LogP contribution in [-0.4, -0.2) is 30.9 Å². The number of anilines is 1. The predicted molar refractivity (Wildman–Crippen MR) is 136 cm³/mol. The Kier molecular flexibility index (Phi) is 7.00. The van der Waals surface area contributed by atoms with Crippen LogP contribution in [0.5, 0.6) is 0 Å². The van der Waals surface area contributed by atoms with Gasteiger partial charge in [-0.25, -0.2) is 14.6 Å². The molecule has 9 heteroatoms. The van der Waals surface area contributed by atoms with Gasteiger partial charge in [-0.2, -0.15) is 0 Å². The van der Waals surface area contributed by atoms with Gasteiger partial charge in [0.25, 0.3) is 5.91 Å². The Morgan fingerprint density at radius 3 is 2.29 bits per heavy atom. The zero-order chi connectivity index (χ0) is 24.4. The average molecular weight is 493 g/mol. The van der Waals surface area contributed by atoms with E-state index >= 15 is 0 Å². The summed E-state index contributed by atoms with van der Waals surface area (Å²) in [6, 6.07) is 13.5. The number of rotatable bonds is 6. The molecule has 0 fully saturated rings. The van der Waals surface area contributed by atoms with Crippen LogP contribution in [0.15, 0.2) is 47.6 Å². The number of amides is 1. The molecule has 0 saturated carbocycles. The molecule has 7 nitrogen and oxygen atoms in total. The number of thioether (sulfide) groups is 1. The number of benzene rings is 2. The van der Waals surface area contributed by atoms with E-state index in [0.717, 1.165) is 33.8 Å². The Balaban J connectivity index is 1.70. The fraction of sp³-hybridized carbons (Fsp3) is 0.240. The molecule has 1 N–H and O–H groups in total. The summed E-state index contributed by atoms with van der Waals surface area (Å²) in [5.41, 5.74) is 7.18. The first kappa shape index (κ1) is 23.9. The molecule has 2 heterocycles. The van der Waals surface area contributed by atoms with E-state index < -0.39 is 0 Å². The van der Waals surface area contributed by atoms with Crippen LogP contribution in [0.3, 0.4) is 0 Å². The van der Waals surface area contributed by atoms with E-state index in [1.54, 1.807) is 4.68 Å². The Morgan fingerprint density at radius 2 is 1.65 bits per heavy atom. The van der Waals surface area contributed by atoms with Crippen molar-refractivity contribution in [3.05, 3.63) is 87.0 Å². The van der Waals surface area contributed by atoms with Gasteiger partial charge in [-0.1, -0.05) is 40.7 Å². The molecule has 0 saturated heterocycles. The third-order valence-corrected chi connectivity index (χ3v) is 6.42. The van der Waals surface area contributed by atoms with Crippen LogP contribution in [0.2, 0.25) is 5.02 Å². The summed E-state index contributed by atoms with van der Waals surface area (Å²) in [5, 5.41) is 12.7. The van der Waals surface area contributed by atoms with Gasteiger partial charge in [0.2, 0.25) is 0 Å². The van der Waals surface area contributed by atoms with E-state index in [1.165, 1.54) is 11.8 Å². The van der Waals surface area contributed by atoms with E-state index in [2.05, 4.69) is 31.7 Å². The molecule has 0 spiro atoms. The van der Waals surface area contributed by atoms with Crippen LogP contribution in [0, 0.1) is 34.6 Å². The Bertz CT molecular complexity index is 1340. The van der Waals surface area contributed by atoms with Gasteiger partial charge >= 0.3 is 0 Å². The minimum atomic E-state index is -0.327. The third kappa shape index (κ3) is 5.46. The van der Waals surface area contributed by atoms with Gasteiger partial charge < -0.3 is 5.32 Å². The van der Waals surface area contributed by atoms with Crippen molar-refractivity contribution in [1.29, 1.82) is 0 Å². The molecule has 0 atom stereocenters. The lowest BCUT2D eigenvalue weighted by molar-refractivity contribution is 0.102. The fourth-order valence-corrected chi connectivity index (χ4v) is 4.77. The lowest BCUT2D eigenvalue weighted by Gasteiger charge is -2.10. The van der Waals surface area contributed by atoms with E-state index in [9.17, 15) is 4.79 Å². The number of hydrogen-bond donors (Lipinski definition) is 1. The molecular weight excluding hydrogens is 468 g/mol. The number of carbonyl (C=O) groups is 1. The molecule has 0 unspecified atom stereocenters. The molecule has 4 aromatic rings. The molecule has 34 heavy (non-hydrogen) atoms. The van der Waals surface area contributed by atoms with Crippen LogP contribution in [0.25, 0.3) is 5.69 Å². The molecule has 0 radical (unpaired) electrons. The van der Waals surface area contributed by atoms with Gasteiger partial charge in [-0.15, -0.1) is 5.10 Å². The quantitative estimate of drug-likeness (QED) is 0.270. The zero-order valence-electron chi connectivity index (χ0n) is 19.7. The van der Waals surface area contributed by atoms with Crippen molar-refractivity contribution < 1.29 is 4.79 Å². The van der Waals surface area contributed by atoms with Crippen molar-refractivity contribution in [1.82, 2.24) is 25.0 Å². The van der Waals surface area contributed by atoms with Crippen LogP contribution < -0.4 is 5.32 Å². The first-order chi connectivity index (χ1) is 16.2. The standard InChI is InChI=1S/C25H25ClN6OS/c1-14-8-15(2)10-19(9-14)29-24(33)23-22(13-34-25-27-17(4)11-18(5)28-25)32(31-30-23)20-7-6-16(3)21(26)12-20/h6-12H,13H2,1-5H3,(H,29,33). The van der Waals surface area contributed by atoms with E-state index in [-0.39, 0.29) is 11.6 Å². The van der Waals surface area contributed by atoms with Crippen molar-refractivity contribution >= 4 is 35.0 Å². The van der Waals surface area contributed by atoms with E-state index in [4.69, 9.17) is 11.6 Å². The maximum Gasteiger partial charge on any atom is 0.278 e. The summed E-state index contributed by atoms with van der Waals surface area (Å²) in [4.78, 5) is 22.3. The Morgan fingerprint density at radius 1 is 0.971 bits per heavy atom. The highest BCUT2D eigenvalue weighted by Crippen LogP contribution is 2.26. The highest BCUT2D eigenvalue weighted by molar-refractivity contribution is 7.98. The molecule has 0 bridgehead atoms. The van der Waals surface area contributed by atoms with Crippen LogP contribution in [0.4, 0.5) is 5.69 Å². The second kappa shape index (κ2) is 9.95. The molecule has 0 aliphatic rings. The number of aromatic nitrogens is 5. The molecule has 1 amide bonds. The van der Waals surface area contributed by atoms with Crippen molar-refractivity contribution in [3.63, 3.8) is 0 Å². The Hall–Kier alpha value is -3.23. The first-order valence-corrected chi connectivity index (χ1v) is 12.1. The minimum absolute atomic E-state index is 0.243. The third-order valence-electron chi connectivity index (χ3n) is 5.16. The predicted octanol–water partition coefficient (Wildman–Crippen LogP) is 5.80. The summed E-state index contributed by atoms with van der Waals surface area (Å²) in [6.07, 6.45) is 0. The molecule has 174 valence electrons. The van der Waals surface area contributed by atoms with Crippen molar-refractivity contribution in [2.24, 2.45) is 0 Å². The van der Waals surface area contributed by atoms with Gasteiger partial charge in [0.05, 0.1) is 11.4 Å². The topological polar surface area (TPSA) is 85.6 Å². The van der Waals surface area contributed by atoms with E-state index in [0.29, 0.717) is 27.3 Å². The lowest BCUT2D eigenvalue weighted by Crippen LogP contribution is -2.15. The average Bonchev–Trinajstić information content (AvgIpc) is 3.17. The molecular formula is C25H25ClN6OS. The van der Waals surface area contributed by atoms with Gasteiger partial charge in [0.15, 0.2) is 10.9 Å². The first-order valence-electron chi connectivity index (χ1n) is 10.8. The normalized spacial score (nSPS) is 11.0. The molecule has 4 rings (SSSR count). The molecule has 2 aromatic carbocycles. The maximum absolute atomic E-state index is 13.2. The SMILES string of the molecule is Cc1cc(C)cc(NC(=O)c2nnn(-c3ccc(C)c(Cl)c3)c2CSc2nc(C)cc(C)n2)c1. The number of nitrogens with one attached hydrogen (secondary N) is 1. The van der Waals surface area contributed by atoms with Crippen LogP contribution in [0.1, 0.15) is 44.3 Å². The zero-order valence-corrected chi connectivity index (χ0v) is 21.3. The number of aryl methyl sites for hydroxylation is 5. The second-order valence-corrected chi connectivity index (χ2v) is 9.63. The summed E-state index contributed by atoms with van der Waals surface area (Å²) in [7, 11) is 0. The van der Waals surface area contributed by atoms with Crippen molar-refractivity contribution in [3.8, 4) is 5.69 Å². The molecule has 0 aliphatic heterocycles. The van der Waals surface area contributed by atoms with Crippen molar-refractivity contribution in [2.45, 2.75) is 45.5 Å². The van der Waals surface area contributed by atoms with Gasteiger partial charge in [0, 0.05) is 27.9 Å². The van der Waals surface area contributed by atoms with Crippen LogP contribution in [-0.2, 0) is 5.75 Å². The van der Waals surface area contributed by atoms with Crippen LogP contribution >= 0.6 is 23.4 Å². The van der Waals surface area contributed by atoms with Gasteiger partial charge in [-0.05, 0) is 81.6 Å². The Labute approximate surface area is 208 Å². The second-order valence-electron chi connectivity index (χ2n) is 8.28. The minimum Gasteiger partial charge on any atom is -0.321 e. The number of halogens is 1. The molecule has 0 aliphatic carbocycles. The smallest absolute Gasteiger partial charge is 0.278 e. The molecule has 2 aromatic heterocycles. The largest absolute Gasteiger partial charge is 0.321 e. The van der Waals surface area contributed by atoms with Crippen molar-refractivity contribution in [2.75, 3.05) is 5.32 Å². The maximum atomic E-state index is 13.2. The van der Waals surface area contributed by atoms with Gasteiger partial charge in [0.1, 0.15) is 0 Å². The van der Waals surface area contributed by atoms with Gasteiger partial charge in [-0.3, -0.25) is 4.79 Å². The highest BCUT2D eigenvalue weighted by Gasteiger charge is 2.22. The fourth-order valence-electron chi connectivity index (χ4n) is 3.66.